The van der Waals surface area contributed by atoms with E-state index in [1.165, 1.54) is 0 Å². The number of rotatable bonds is 4. The monoisotopic (exact) mass is 338 g/mol. The lowest BCUT2D eigenvalue weighted by Gasteiger charge is -2.04. The molecule has 0 N–H and O–H groups in total. The normalized spacial score (nSPS) is 10.2. The van der Waals surface area contributed by atoms with Crippen molar-refractivity contribution in [1.29, 1.82) is 0 Å². The quantitative estimate of drug-likeness (QED) is 0.593. The van der Waals surface area contributed by atoms with E-state index in [-0.39, 0.29) is 5.78 Å². The van der Waals surface area contributed by atoms with Gasteiger partial charge in [0, 0.05) is 22.6 Å². The zero-order chi connectivity index (χ0) is 10.6. The van der Waals surface area contributed by atoms with Crippen LogP contribution in [0.2, 0.25) is 5.02 Å². The van der Waals surface area contributed by atoms with Crippen molar-refractivity contribution < 1.29 is 4.79 Å². The summed E-state index contributed by atoms with van der Waals surface area (Å²) in [4.78, 5) is 11.6. The Hall–Kier alpha value is 0.140. The van der Waals surface area contributed by atoms with Crippen molar-refractivity contribution in [2.75, 3.05) is 5.33 Å². The number of alkyl halides is 2. The third-order valence-corrected chi connectivity index (χ3v) is 3.18. The third kappa shape index (κ3) is 3.07. The first-order chi connectivity index (χ1) is 6.69. The van der Waals surface area contributed by atoms with Crippen molar-refractivity contribution in [1.82, 2.24) is 0 Å². The maximum absolute atomic E-state index is 11.6. The number of hydrogen-bond donors (Lipinski definition) is 0. The molecule has 1 nitrogen and oxygen atoms in total. The molecule has 14 heavy (non-hydrogen) atoms. The van der Waals surface area contributed by atoms with E-state index in [1.54, 1.807) is 6.07 Å². The predicted octanol–water partition coefficient (Wildman–Crippen LogP) is 4.20. The van der Waals surface area contributed by atoms with Crippen LogP contribution >= 0.6 is 43.5 Å². The second kappa shape index (κ2) is 5.89. The van der Waals surface area contributed by atoms with Gasteiger partial charge in [-0.15, -0.1) is 0 Å². The number of carbonyl (C=O) groups excluding carboxylic acids is 1. The van der Waals surface area contributed by atoms with E-state index in [0.717, 1.165) is 10.9 Å². The minimum atomic E-state index is 0.0784. The van der Waals surface area contributed by atoms with Gasteiger partial charge >= 0.3 is 0 Å². The van der Waals surface area contributed by atoms with Crippen LogP contribution in [0, 0.1) is 0 Å². The largest absolute Gasteiger partial charge is 0.294 e. The molecule has 1 aromatic rings. The fourth-order valence-electron chi connectivity index (χ4n) is 1.09. The zero-order valence-corrected chi connectivity index (χ0v) is 11.3. The first kappa shape index (κ1) is 12.2. The maximum Gasteiger partial charge on any atom is 0.165 e. The van der Waals surface area contributed by atoms with Gasteiger partial charge in [0.2, 0.25) is 0 Å². The summed E-state index contributed by atoms with van der Waals surface area (Å²) in [6.45, 7) is 0. The summed E-state index contributed by atoms with van der Waals surface area (Å²) in [5, 5.41) is 1.93. The molecule has 0 aromatic heterocycles. The van der Waals surface area contributed by atoms with Crippen molar-refractivity contribution in [2.45, 2.75) is 11.8 Å². The number of carbonyl (C=O) groups is 1. The highest BCUT2D eigenvalue weighted by Gasteiger charge is 2.09. The van der Waals surface area contributed by atoms with Gasteiger partial charge in [0.05, 0.1) is 5.02 Å². The molecule has 0 spiro atoms. The summed E-state index contributed by atoms with van der Waals surface area (Å²) in [6, 6.07) is 5.50. The Bertz CT molecular complexity index is 339. The van der Waals surface area contributed by atoms with Crippen molar-refractivity contribution in [3.05, 3.63) is 34.3 Å². The smallest absolute Gasteiger partial charge is 0.165 e. The molecule has 0 radical (unpaired) electrons. The van der Waals surface area contributed by atoms with Crippen molar-refractivity contribution in [3.63, 3.8) is 0 Å². The highest BCUT2D eigenvalue weighted by molar-refractivity contribution is 9.09. The van der Waals surface area contributed by atoms with Gasteiger partial charge < -0.3 is 0 Å². The topological polar surface area (TPSA) is 17.1 Å². The lowest BCUT2D eigenvalue weighted by Crippen LogP contribution is -2.01. The third-order valence-electron chi connectivity index (χ3n) is 1.81. The molecule has 4 heteroatoms. The minimum absolute atomic E-state index is 0.0784. The molecule has 0 aliphatic heterocycles. The van der Waals surface area contributed by atoms with Crippen LogP contribution in [0.4, 0.5) is 0 Å². The van der Waals surface area contributed by atoms with E-state index in [4.69, 9.17) is 11.6 Å². The van der Waals surface area contributed by atoms with Crippen LogP contribution < -0.4 is 0 Å². The number of benzene rings is 1. The predicted molar refractivity (Wildman–Crippen MR) is 66.8 cm³/mol. The van der Waals surface area contributed by atoms with Gasteiger partial charge in [0.15, 0.2) is 5.78 Å². The second-order valence-electron chi connectivity index (χ2n) is 2.81. The Morgan fingerprint density at radius 3 is 2.64 bits per heavy atom. The summed E-state index contributed by atoms with van der Waals surface area (Å²) in [5.41, 5.74) is 1.68. The van der Waals surface area contributed by atoms with Gasteiger partial charge in [-0.05, 0) is 17.7 Å². The summed E-state index contributed by atoms with van der Waals surface area (Å²) in [5.74, 6) is 0.0784. The van der Waals surface area contributed by atoms with Crippen LogP contribution in [0.15, 0.2) is 18.2 Å². The first-order valence-corrected chi connectivity index (χ1v) is 6.74. The van der Waals surface area contributed by atoms with E-state index >= 15 is 0 Å². The van der Waals surface area contributed by atoms with E-state index in [2.05, 4.69) is 31.9 Å². The Labute approximate surface area is 105 Å². The molecule has 0 amide bonds. The van der Waals surface area contributed by atoms with Gasteiger partial charge in [-0.3, -0.25) is 4.79 Å². The molecule has 0 atom stereocenters. The van der Waals surface area contributed by atoms with Crippen LogP contribution in [-0.4, -0.2) is 11.1 Å². The maximum atomic E-state index is 11.6. The van der Waals surface area contributed by atoms with Gasteiger partial charge in [-0.1, -0.05) is 49.5 Å². The fourth-order valence-corrected chi connectivity index (χ4v) is 2.02. The molecular weight excluding hydrogens is 331 g/mol. The second-order valence-corrected chi connectivity index (χ2v) is 4.57. The Balaban J connectivity index is 2.99. The zero-order valence-electron chi connectivity index (χ0n) is 7.40. The average Bonchev–Trinajstić information content (AvgIpc) is 2.19. The number of Topliss-reactive ketones (excluding diaryl/α,β-unsaturated/α-hetero) is 1. The first-order valence-electron chi connectivity index (χ1n) is 4.12. The van der Waals surface area contributed by atoms with E-state index in [1.807, 2.05) is 12.1 Å². The molecule has 0 saturated carbocycles. The molecule has 1 aromatic carbocycles. The molecule has 0 aliphatic rings. The summed E-state index contributed by atoms with van der Waals surface area (Å²) in [6.07, 6.45) is 0.478. The van der Waals surface area contributed by atoms with Gasteiger partial charge in [0.1, 0.15) is 0 Å². The number of hydrogen-bond acceptors (Lipinski definition) is 1. The van der Waals surface area contributed by atoms with Gasteiger partial charge in [-0.2, -0.15) is 0 Å². The average molecular weight is 340 g/mol. The van der Waals surface area contributed by atoms with Crippen LogP contribution in [0.5, 0.6) is 0 Å². The summed E-state index contributed by atoms with van der Waals surface area (Å²) in [7, 11) is 0. The van der Waals surface area contributed by atoms with E-state index < -0.39 is 0 Å². The van der Waals surface area contributed by atoms with Crippen molar-refractivity contribution in [2.24, 2.45) is 0 Å². The van der Waals surface area contributed by atoms with E-state index in [9.17, 15) is 4.79 Å². The molecule has 0 aliphatic carbocycles. The number of ketones is 1. The molecule has 0 unspecified atom stereocenters. The Morgan fingerprint density at radius 1 is 1.36 bits per heavy atom. The molecular formula is C10H9Br2ClO. The van der Waals surface area contributed by atoms with Gasteiger partial charge in [-0.25, -0.2) is 0 Å². The Morgan fingerprint density at radius 2 is 2.07 bits per heavy atom. The van der Waals surface area contributed by atoms with Crippen LogP contribution in [0.1, 0.15) is 22.3 Å². The lowest BCUT2D eigenvalue weighted by atomic mass is 10.1. The Kier molecular flexibility index (Phi) is 5.13. The van der Waals surface area contributed by atoms with Crippen molar-refractivity contribution >= 4 is 49.2 Å². The van der Waals surface area contributed by atoms with E-state index in [0.29, 0.717) is 22.3 Å². The van der Waals surface area contributed by atoms with Crippen molar-refractivity contribution in [3.8, 4) is 0 Å². The molecule has 76 valence electrons. The summed E-state index contributed by atoms with van der Waals surface area (Å²) < 4.78 is 0. The molecule has 0 saturated heterocycles. The van der Waals surface area contributed by atoms with Crippen LogP contribution in [-0.2, 0) is 5.33 Å². The number of halogens is 3. The standard InChI is InChI=1S/C10H9Br2ClO/c11-4-3-10(14)8-5-7(6-12)1-2-9(8)13/h1-2,5H,3-4,6H2. The van der Waals surface area contributed by atoms with Crippen LogP contribution in [0.25, 0.3) is 0 Å². The lowest BCUT2D eigenvalue weighted by molar-refractivity contribution is 0.0990. The van der Waals surface area contributed by atoms with Gasteiger partial charge in [0.25, 0.3) is 0 Å². The highest BCUT2D eigenvalue weighted by Crippen LogP contribution is 2.20. The molecule has 0 heterocycles. The fraction of sp³-hybridized carbons (Fsp3) is 0.300. The molecule has 0 bridgehead atoms. The summed E-state index contributed by atoms with van der Waals surface area (Å²) >= 11 is 12.5. The highest BCUT2D eigenvalue weighted by atomic mass is 79.9. The van der Waals surface area contributed by atoms with Crippen LogP contribution in [0.3, 0.4) is 0 Å². The molecule has 0 fully saturated rings. The SMILES string of the molecule is O=C(CCBr)c1cc(CBr)ccc1Cl. The minimum Gasteiger partial charge on any atom is -0.294 e. The molecule has 1 rings (SSSR count).